The minimum Gasteiger partial charge on any atom is -0.392 e. The molecule has 0 aliphatic carbocycles. The lowest BCUT2D eigenvalue weighted by Gasteiger charge is -2.28. The molecule has 0 saturated carbocycles. The average molecular weight is 278 g/mol. The zero-order valence-electron chi connectivity index (χ0n) is 12.2. The Labute approximate surface area is 119 Å². The van der Waals surface area contributed by atoms with E-state index in [0.29, 0.717) is 5.56 Å². The molecule has 1 aromatic rings. The van der Waals surface area contributed by atoms with E-state index in [0.717, 1.165) is 0 Å². The smallest absolute Gasteiger partial charge is 0.251 e. The first-order valence-electron chi connectivity index (χ1n) is 6.72. The maximum absolute atomic E-state index is 12.1. The zero-order chi connectivity index (χ0) is 15.1. The minimum absolute atomic E-state index is 0.0225. The maximum atomic E-state index is 12.1. The lowest BCUT2D eigenvalue weighted by molar-refractivity contribution is -0.133. The van der Waals surface area contributed by atoms with E-state index >= 15 is 0 Å². The predicted octanol–water partition coefficient (Wildman–Crippen LogP) is 1.03. The Morgan fingerprint density at radius 1 is 1.20 bits per heavy atom. The van der Waals surface area contributed by atoms with Crippen molar-refractivity contribution in [3.8, 4) is 0 Å². The number of carbonyl (C=O) groups is 2. The highest BCUT2D eigenvalue weighted by Crippen LogP contribution is 2.02. The van der Waals surface area contributed by atoms with Crippen molar-refractivity contribution in [3.05, 3.63) is 35.9 Å². The highest BCUT2D eigenvalue weighted by atomic mass is 16.3. The van der Waals surface area contributed by atoms with Gasteiger partial charge in [0.05, 0.1) is 12.6 Å². The Hall–Kier alpha value is -1.88. The molecule has 0 aliphatic rings. The van der Waals surface area contributed by atoms with Gasteiger partial charge in [0.25, 0.3) is 5.91 Å². The van der Waals surface area contributed by atoms with Crippen LogP contribution in [0.3, 0.4) is 0 Å². The van der Waals surface area contributed by atoms with Gasteiger partial charge in [-0.25, -0.2) is 0 Å². The molecular formula is C15H22N2O3. The summed E-state index contributed by atoms with van der Waals surface area (Å²) in [6.45, 7) is 5.57. The quantitative estimate of drug-likeness (QED) is 0.816. The highest BCUT2D eigenvalue weighted by molar-refractivity contribution is 5.96. The van der Waals surface area contributed by atoms with Gasteiger partial charge in [0.2, 0.25) is 5.91 Å². The molecule has 5 nitrogen and oxygen atoms in total. The molecule has 0 radical (unpaired) electrons. The SMILES string of the molecule is CC(O)CN(C(=O)CNC(=O)c1ccccc1)C(C)C. The molecule has 110 valence electrons. The van der Waals surface area contributed by atoms with Crippen LogP contribution in [0.1, 0.15) is 31.1 Å². The van der Waals surface area contributed by atoms with Crippen molar-refractivity contribution in [2.45, 2.75) is 32.9 Å². The number of carbonyl (C=O) groups excluding carboxylic acids is 2. The molecule has 1 atom stereocenters. The van der Waals surface area contributed by atoms with E-state index in [-0.39, 0.29) is 30.9 Å². The van der Waals surface area contributed by atoms with Crippen LogP contribution in [0.4, 0.5) is 0 Å². The van der Waals surface area contributed by atoms with Gasteiger partial charge < -0.3 is 15.3 Å². The largest absolute Gasteiger partial charge is 0.392 e. The second kappa shape index (κ2) is 7.65. The molecule has 0 aromatic heterocycles. The third-order valence-electron chi connectivity index (χ3n) is 2.84. The number of benzene rings is 1. The van der Waals surface area contributed by atoms with Gasteiger partial charge in [-0.05, 0) is 32.9 Å². The van der Waals surface area contributed by atoms with Crippen molar-refractivity contribution in [1.82, 2.24) is 10.2 Å². The molecule has 2 amide bonds. The van der Waals surface area contributed by atoms with Crippen LogP contribution in [0, 0.1) is 0 Å². The summed E-state index contributed by atoms with van der Waals surface area (Å²) < 4.78 is 0. The summed E-state index contributed by atoms with van der Waals surface area (Å²) in [4.78, 5) is 25.4. The Kier molecular flexibility index (Phi) is 6.18. The van der Waals surface area contributed by atoms with Crippen molar-refractivity contribution in [1.29, 1.82) is 0 Å². The Bertz CT molecular complexity index is 444. The lowest BCUT2D eigenvalue weighted by Crippen LogP contribution is -2.46. The van der Waals surface area contributed by atoms with Crippen LogP contribution >= 0.6 is 0 Å². The maximum Gasteiger partial charge on any atom is 0.251 e. The number of hydrogen-bond donors (Lipinski definition) is 2. The first-order chi connectivity index (χ1) is 9.41. The van der Waals surface area contributed by atoms with Gasteiger partial charge in [-0.1, -0.05) is 18.2 Å². The average Bonchev–Trinajstić information content (AvgIpc) is 2.42. The highest BCUT2D eigenvalue weighted by Gasteiger charge is 2.19. The lowest BCUT2D eigenvalue weighted by atomic mass is 10.2. The van der Waals surface area contributed by atoms with Crippen LogP contribution in [0.5, 0.6) is 0 Å². The molecule has 1 rings (SSSR count). The van der Waals surface area contributed by atoms with E-state index in [1.54, 1.807) is 36.1 Å². The summed E-state index contributed by atoms with van der Waals surface area (Å²) in [7, 11) is 0. The third-order valence-corrected chi connectivity index (χ3v) is 2.84. The third kappa shape index (κ3) is 5.01. The Balaban J connectivity index is 2.55. The normalized spacial score (nSPS) is 12.1. The molecular weight excluding hydrogens is 256 g/mol. The summed E-state index contributed by atoms with van der Waals surface area (Å²) in [5, 5.41) is 12.0. The number of hydrogen-bond acceptors (Lipinski definition) is 3. The van der Waals surface area contributed by atoms with E-state index in [1.165, 1.54) is 0 Å². The zero-order valence-corrected chi connectivity index (χ0v) is 12.2. The van der Waals surface area contributed by atoms with Gasteiger partial charge in [0, 0.05) is 18.2 Å². The predicted molar refractivity (Wildman–Crippen MR) is 77.3 cm³/mol. The van der Waals surface area contributed by atoms with Crippen LogP contribution in [0.25, 0.3) is 0 Å². The van der Waals surface area contributed by atoms with Crippen LogP contribution in [0.15, 0.2) is 30.3 Å². The van der Waals surface area contributed by atoms with Gasteiger partial charge in [-0.15, -0.1) is 0 Å². The molecule has 0 spiro atoms. The van der Waals surface area contributed by atoms with Crippen LogP contribution in [-0.4, -0.2) is 47.1 Å². The molecule has 1 unspecified atom stereocenters. The van der Waals surface area contributed by atoms with Gasteiger partial charge in [0.1, 0.15) is 0 Å². The van der Waals surface area contributed by atoms with Crippen LogP contribution in [-0.2, 0) is 4.79 Å². The fraction of sp³-hybridized carbons (Fsp3) is 0.467. The standard InChI is InChI=1S/C15H22N2O3/c1-11(2)17(10-12(3)18)14(19)9-16-15(20)13-7-5-4-6-8-13/h4-8,11-12,18H,9-10H2,1-3H3,(H,16,20). The Morgan fingerprint density at radius 3 is 2.30 bits per heavy atom. The molecule has 0 bridgehead atoms. The van der Waals surface area contributed by atoms with Crippen LogP contribution in [0.2, 0.25) is 0 Å². The molecule has 1 aromatic carbocycles. The number of rotatable bonds is 6. The molecule has 0 fully saturated rings. The van der Waals surface area contributed by atoms with Gasteiger partial charge >= 0.3 is 0 Å². The van der Waals surface area contributed by atoms with Crippen LogP contribution < -0.4 is 5.32 Å². The van der Waals surface area contributed by atoms with E-state index in [9.17, 15) is 14.7 Å². The monoisotopic (exact) mass is 278 g/mol. The Morgan fingerprint density at radius 2 is 1.80 bits per heavy atom. The second-order valence-corrected chi connectivity index (χ2v) is 5.04. The van der Waals surface area contributed by atoms with Crippen molar-refractivity contribution in [2.75, 3.05) is 13.1 Å². The number of aliphatic hydroxyl groups excluding tert-OH is 1. The first-order valence-corrected chi connectivity index (χ1v) is 6.72. The van der Waals surface area contributed by atoms with Gasteiger partial charge in [-0.2, -0.15) is 0 Å². The number of nitrogens with zero attached hydrogens (tertiary/aromatic N) is 1. The van der Waals surface area contributed by atoms with Gasteiger partial charge in [0.15, 0.2) is 0 Å². The summed E-state index contributed by atoms with van der Waals surface area (Å²) >= 11 is 0. The molecule has 0 heterocycles. The van der Waals surface area contributed by atoms with Crippen molar-refractivity contribution in [3.63, 3.8) is 0 Å². The van der Waals surface area contributed by atoms with Crippen molar-refractivity contribution in [2.24, 2.45) is 0 Å². The number of aliphatic hydroxyl groups is 1. The summed E-state index contributed by atoms with van der Waals surface area (Å²) in [6.07, 6.45) is -0.592. The summed E-state index contributed by atoms with van der Waals surface area (Å²) in [5.74, 6) is -0.482. The summed E-state index contributed by atoms with van der Waals surface area (Å²) in [6, 6.07) is 8.72. The topological polar surface area (TPSA) is 69.6 Å². The van der Waals surface area contributed by atoms with E-state index < -0.39 is 6.10 Å². The number of amides is 2. The molecule has 20 heavy (non-hydrogen) atoms. The van der Waals surface area contributed by atoms with E-state index in [2.05, 4.69) is 5.32 Å². The fourth-order valence-electron chi connectivity index (χ4n) is 1.83. The minimum atomic E-state index is -0.592. The molecule has 2 N–H and O–H groups in total. The van der Waals surface area contributed by atoms with E-state index in [4.69, 9.17) is 0 Å². The summed E-state index contributed by atoms with van der Waals surface area (Å²) in [5.41, 5.74) is 0.520. The fourth-order valence-corrected chi connectivity index (χ4v) is 1.83. The van der Waals surface area contributed by atoms with Gasteiger partial charge in [-0.3, -0.25) is 9.59 Å². The van der Waals surface area contributed by atoms with Crippen molar-refractivity contribution >= 4 is 11.8 Å². The number of nitrogens with one attached hydrogen (secondary N) is 1. The van der Waals surface area contributed by atoms with Crippen molar-refractivity contribution < 1.29 is 14.7 Å². The molecule has 5 heteroatoms. The molecule has 0 saturated heterocycles. The first kappa shape index (κ1) is 16.2. The van der Waals surface area contributed by atoms with E-state index in [1.807, 2.05) is 19.9 Å². The molecule has 0 aliphatic heterocycles. The second-order valence-electron chi connectivity index (χ2n) is 5.04.